The van der Waals surface area contributed by atoms with Gasteiger partial charge in [0.05, 0.1) is 17.4 Å². The molecule has 0 aliphatic heterocycles. The van der Waals surface area contributed by atoms with Crippen molar-refractivity contribution in [3.63, 3.8) is 0 Å². The Morgan fingerprint density at radius 3 is 2.66 bits per heavy atom. The molecule has 7 heteroatoms. The van der Waals surface area contributed by atoms with Crippen molar-refractivity contribution in [1.29, 1.82) is 0 Å². The number of hydrogen-bond donors (Lipinski definition) is 1. The third-order valence-electron chi connectivity index (χ3n) is 5.45. The molecule has 0 bridgehead atoms. The summed E-state index contributed by atoms with van der Waals surface area (Å²) in [6.07, 6.45) is 6.35. The minimum Gasteiger partial charge on any atom is -0.399 e. The van der Waals surface area contributed by atoms with E-state index in [1.807, 2.05) is 62.0 Å². The van der Waals surface area contributed by atoms with Crippen LogP contribution in [0.1, 0.15) is 5.56 Å². The number of pyridine rings is 1. The molecule has 0 atom stereocenters. The van der Waals surface area contributed by atoms with E-state index in [-0.39, 0.29) is 5.56 Å². The second-order valence-corrected chi connectivity index (χ2v) is 7.81. The van der Waals surface area contributed by atoms with E-state index in [2.05, 4.69) is 27.3 Å². The van der Waals surface area contributed by atoms with Crippen LogP contribution < -0.4 is 11.3 Å². The Morgan fingerprint density at radius 2 is 1.84 bits per heavy atom. The van der Waals surface area contributed by atoms with Gasteiger partial charge in [-0.15, -0.1) is 0 Å². The van der Waals surface area contributed by atoms with Crippen LogP contribution in [-0.2, 0) is 20.0 Å². The number of fused-ring (bicyclic) bond motifs is 1. The fourth-order valence-electron chi connectivity index (χ4n) is 3.76. The molecule has 0 saturated carbocycles. The van der Waals surface area contributed by atoms with Crippen LogP contribution in [0.4, 0.5) is 5.69 Å². The standard InChI is InChI=1S/C25H22N6O/c1-30-16-21(15-28-30)20-12-19-11-17(5-6-23(19)27-14-20)9-10-31-25(32)8-7-24(29-31)18-3-2-4-22(26)13-18/h2-8,11-16H,9-10,26H2,1H3. The van der Waals surface area contributed by atoms with Gasteiger partial charge in [-0.05, 0) is 48.4 Å². The van der Waals surface area contributed by atoms with E-state index in [9.17, 15) is 4.79 Å². The largest absolute Gasteiger partial charge is 0.399 e. The average Bonchev–Trinajstić information content (AvgIpc) is 3.24. The molecule has 2 aromatic carbocycles. The zero-order valence-electron chi connectivity index (χ0n) is 17.6. The van der Waals surface area contributed by atoms with Crippen LogP contribution in [0.5, 0.6) is 0 Å². The van der Waals surface area contributed by atoms with Crippen molar-refractivity contribution in [3.05, 3.63) is 95.2 Å². The van der Waals surface area contributed by atoms with Crippen molar-refractivity contribution in [3.8, 4) is 22.4 Å². The smallest absolute Gasteiger partial charge is 0.266 e. The highest BCUT2D eigenvalue weighted by atomic mass is 16.1. The van der Waals surface area contributed by atoms with Crippen LogP contribution >= 0.6 is 0 Å². The Hall–Kier alpha value is -4.26. The third-order valence-corrected chi connectivity index (χ3v) is 5.45. The van der Waals surface area contributed by atoms with Crippen molar-refractivity contribution >= 4 is 16.6 Å². The van der Waals surface area contributed by atoms with E-state index in [0.29, 0.717) is 18.7 Å². The molecule has 0 aliphatic carbocycles. The van der Waals surface area contributed by atoms with Gasteiger partial charge in [0.1, 0.15) is 0 Å². The SMILES string of the molecule is Cn1cc(-c2cnc3ccc(CCn4nc(-c5cccc(N)c5)ccc4=O)cc3c2)cn1. The lowest BCUT2D eigenvalue weighted by molar-refractivity contribution is 0.581. The lowest BCUT2D eigenvalue weighted by Crippen LogP contribution is -2.23. The van der Waals surface area contributed by atoms with E-state index in [0.717, 1.165) is 38.9 Å². The molecule has 0 radical (unpaired) electrons. The first-order valence-corrected chi connectivity index (χ1v) is 10.4. The summed E-state index contributed by atoms with van der Waals surface area (Å²) in [5, 5.41) is 9.84. The van der Waals surface area contributed by atoms with Gasteiger partial charge in [0, 0.05) is 59.8 Å². The first kappa shape index (κ1) is 19.7. The summed E-state index contributed by atoms with van der Waals surface area (Å²) in [5.74, 6) is 0. The number of nitrogens with zero attached hydrogens (tertiary/aromatic N) is 5. The average molecular weight is 422 g/mol. The molecule has 3 heterocycles. The Kier molecular flexibility index (Phi) is 4.99. The molecule has 0 saturated heterocycles. The first-order valence-electron chi connectivity index (χ1n) is 10.4. The van der Waals surface area contributed by atoms with Crippen molar-refractivity contribution in [2.75, 3.05) is 5.73 Å². The van der Waals surface area contributed by atoms with Gasteiger partial charge in [-0.1, -0.05) is 18.2 Å². The van der Waals surface area contributed by atoms with Gasteiger partial charge in [-0.2, -0.15) is 10.2 Å². The summed E-state index contributed by atoms with van der Waals surface area (Å²) in [5.41, 5.74) is 12.1. The number of rotatable bonds is 5. The van der Waals surface area contributed by atoms with E-state index in [1.54, 1.807) is 16.8 Å². The van der Waals surface area contributed by atoms with Crippen molar-refractivity contribution in [2.45, 2.75) is 13.0 Å². The molecular formula is C25H22N6O. The zero-order chi connectivity index (χ0) is 22.1. The molecule has 158 valence electrons. The molecule has 0 spiro atoms. The maximum atomic E-state index is 12.4. The molecule has 0 fully saturated rings. The third kappa shape index (κ3) is 4.00. The Bertz CT molecular complexity index is 1480. The fraction of sp³-hybridized carbons (Fsp3) is 0.120. The summed E-state index contributed by atoms with van der Waals surface area (Å²) in [6.45, 7) is 0.482. The highest BCUT2D eigenvalue weighted by molar-refractivity contribution is 5.83. The Labute approximate surface area is 184 Å². The zero-order valence-corrected chi connectivity index (χ0v) is 17.6. The van der Waals surface area contributed by atoms with Crippen LogP contribution in [0.2, 0.25) is 0 Å². The number of nitrogen functional groups attached to an aromatic ring is 1. The van der Waals surface area contributed by atoms with Crippen LogP contribution in [0.25, 0.3) is 33.3 Å². The number of hydrogen-bond acceptors (Lipinski definition) is 5. The number of aromatic nitrogens is 5. The molecule has 0 unspecified atom stereocenters. The topological polar surface area (TPSA) is 91.6 Å². The summed E-state index contributed by atoms with van der Waals surface area (Å²) in [4.78, 5) is 16.9. The maximum absolute atomic E-state index is 12.4. The molecule has 2 N–H and O–H groups in total. The van der Waals surface area contributed by atoms with Crippen molar-refractivity contribution in [1.82, 2.24) is 24.5 Å². The summed E-state index contributed by atoms with van der Waals surface area (Å²) >= 11 is 0. The lowest BCUT2D eigenvalue weighted by atomic mass is 10.1. The van der Waals surface area contributed by atoms with Gasteiger partial charge < -0.3 is 5.73 Å². The van der Waals surface area contributed by atoms with Crippen LogP contribution in [-0.4, -0.2) is 24.5 Å². The van der Waals surface area contributed by atoms with E-state index >= 15 is 0 Å². The van der Waals surface area contributed by atoms with Crippen LogP contribution in [0.15, 0.2) is 84.0 Å². The highest BCUT2D eigenvalue weighted by Crippen LogP contribution is 2.23. The highest BCUT2D eigenvalue weighted by Gasteiger charge is 2.07. The summed E-state index contributed by atoms with van der Waals surface area (Å²) in [6, 6.07) is 19.1. The molecule has 0 aliphatic rings. The fourth-order valence-corrected chi connectivity index (χ4v) is 3.76. The van der Waals surface area contributed by atoms with Gasteiger partial charge >= 0.3 is 0 Å². The number of aryl methyl sites for hydroxylation is 3. The van der Waals surface area contributed by atoms with Crippen LogP contribution in [0.3, 0.4) is 0 Å². The molecule has 7 nitrogen and oxygen atoms in total. The van der Waals surface area contributed by atoms with Gasteiger partial charge in [-0.3, -0.25) is 14.5 Å². The lowest BCUT2D eigenvalue weighted by Gasteiger charge is -2.09. The molecule has 3 aromatic heterocycles. The predicted molar refractivity (Wildman–Crippen MR) is 126 cm³/mol. The monoisotopic (exact) mass is 422 g/mol. The maximum Gasteiger partial charge on any atom is 0.266 e. The van der Waals surface area contributed by atoms with Gasteiger partial charge in [-0.25, -0.2) is 4.68 Å². The minimum atomic E-state index is -0.126. The van der Waals surface area contributed by atoms with Gasteiger partial charge in [0.25, 0.3) is 5.56 Å². The van der Waals surface area contributed by atoms with Crippen LogP contribution in [0, 0.1) is 0 Å². The van der Waals surface area contributed by atoms with E-state index < -0.39 is 0 Å². The molecular weight excluding hydrogens is 400 g/mol. The predicted octanol–water partition coefficient (Wildman–Crippen LogP) is 3.68. The van der Waals surface area contributed by atoms with Gasteiger partial charge in [0.2, 0.25) is 0 Å². The normalized spacial score (nSPS) is 11.2. The first-order chi connectivity index (χ1) is 15.5. The molecule has 0 amide bonds. The van der Waals surface area contributed by atoms with Crippen molar-refractivity contribution in [2.24, 2.45) is 7.05 Å². The van der Waals surface area contributed by atoms with E-state index in [4.69, 9.17) is 5.73 Å². The molecule has 32 heavy (non-hydrogen) atoms. The number of benzene rings is 2. The number of anilines is 1. The quantitative estimate of drug-likeness (QED) is 0.436. The summed E-state index contributed by atoms with van der Waals surface area (Å²) in [7, 11) is 1.90. The second kappa shape index (κ2) is 8.11. The molecule has 5 rings (SSSR count). The Balaban J connectivity index is 1.40. The minimum absolute atomic E-state index is 0.126. The summed E-state index contributed by atoms with van der Waals surface area (Å²) < 4.78 is 3.28. The van der Waals surface area contributed by atoms with Crippen molar-refractivity contribution < 1.29 is 0 Å². The molecule has 5 aromatic rings. The van der Waals surface area contributed by atoms with Gasteiger partial charge in [0.15, 0.2) is 0 Å². The second-order valence-electron chi connectivity index (χ2n) is 7.81. The Morgan fingerprint density at radius 1 is 0.938 bits per heavy atom. The van der Waals surface area contributed by atoms with E-state index in [1.165, 1.54) is 4.68 Å². The number of nitrogens with two attached hydrogens (primary N) is 1.